The van der Waals surface area contributed by atoms with Gasteiger partial charge in [-0.15, -0.1) is 0 Å². The lowest BCUT2D eigenvalue weighted by Crippen LogP contribution is -2.31. The van der Waals surface area contributed by atoms with E-state index in [-0.39, 0.29) is 12.1 Å². The first kappa shape index (κ1) is 13.0. The summed E-state index contributed by atoms with van der Waals surface area (Å²) >= 11 is 6.02. The Morgan fingerprint density at radius 1 is 1.10 bits per heavy atom. The minimum atomic E-state index is -0.222. The van der Waals surface area contributed by atoms with Crippen molar-refractivity contribution < 1.29 is 4.79 Å². The molecule has 3 rings (SSSR count). The summed E-state index contributed by atoms with van der Waals surface area (Å²) in [5.74, 6) is 0. The third kappa shape index (κ3) is 2.63. The van der Waals surface area contributed by atoms with E-state index in [0.717, 1.165) is 12.8 Å². The number of hydrogen-bond donors (Lipinski definition) is 2. The normalized spacial score (nSPS) is 16.6. The van der Waals surface area contributed by atoms with E-state index in [0.29, 0.717) is 10.7 Å². The molecular formula is C16H15ClN2O. The summed E-state index contributed by atoms with van der Waals surface area (Å²) < 4.78 is 0. The number of aryl methyl sites for hydroxylation is 1. The number of amides is 2. The van der Waals surface area contributed by atoms with E-state index in [1.54, 1.807) is 12.1 Å². The van der Waals surface area contributed by atoms with E-state index in [4.69, 9.17) is 11.6 Å². The minimum Gasteiger partial charge on any atom is -0.331 e. The van der Waals surface area contributed by atoms with Crippen LogP contribution in [0.15, 0.2) is 48.5 Å². The highest BCUT2D eigenvalue weighted by atomic mass is 35.5. The van der Waals surface area contributed by atoms with Gasteiger partial charge >= 0.3 is 6.03 Å². The van der Waals surface area contributed by atoms with E-state index in [9.17, 15) is 4.79 Å². The predicted octanol–water partition coefficient (Wildman–Crippen LogP) is 4.15. The molecule has 1 unspecified atom stereocenters. The van der Waals surface area contributed by atoms with E-state index < -0.39 is 0 Å². The number of rotatable bonds is 2. The van der Waals surface area contributed by atoms with Crippen LogP contribution < -0.4 is 10.6 Å². The van der Waals surface area contributed by atoms with Crippen LogP contribution in [0, 0.1) is 0 Å². The highest BCUT2D eigenvalue weighted by molar-refractivity contribution is 6.33. The smallest absolute Gasteiger partial charge is 0.319 e. The molecule has 0 heterocycles. The number of nitrogens with one attached hydrogen (secondary N) is 2. The Morgan fingerprint density at radius 2 is 1.85 bits per heavy atom. The molecule has 2 aromatic carbocycles. The Kier molecular flexibility index (Phi) is 3.61. The molecular weight excluding hydrogens is 272 g/mol. The van der Waals surface area contributed by atoms with Crippen molar-refractivity contribution in [3.63, 3.8) is 0 Å². The third-order valence-corrected chi connectivity index (χ3v) is 3.89. The second kappa shape index (κ2) is 5.55. The number of benzene rings is 2. The molecule has 0 radical (unpaired) electrons. The summed E-state index contributed by atoms with van der Waals surface area (Å²) in [4.78, 5) is 12.0. The quantitative estimate of drug-likeness (QED) is 0.855. The number of para-hydroxylation sites is 1. The van der Waals surface area contributed by atoms with Gasteiger partial charge in [0, 0.05) is 0 Å². The molecule has 20 heavy (non-hydrogen) atoms. The van der Waals surface area contributed by atoms with E-state index in [2.05, 4.69) is 22.8 Å². The van der Waals surface area contributed by atoms with Gasteiger partial charge in [-0.1, -0.05) is 48.0 Å². The maximum atomic E-state index is 12.0. The van der Waals surface area contributed by atoms with E-state index in [1.165, 1.54) is 11.1 Å². The minimum absolute atomic E-state index is 0.0775. The second-order valence-corrected chi connectivity index (χ2v) is 5.28. The largest absolute Gasteiger partial charge is 0.331 e. The van der Waals surface area contributed by atoms with Gasteiger partial charge in [0.2, 0.25) is 0 Å². The maximum absolute atomic E-state index is 12.0. The van der Waals surface area contributed by atoms with Crippen LogP contribution in [0.2, 0.25) is 5.02 Å². The van der Waals surface area contributed by atoms with Crippen LogP contribution in [0.1, 0.15) is 23.6 Å². The summed E-state index contributed by atoms with van der Waals surface area (Å²) in [5.41, 5.74) is 3.15. The van der Waals surface area contributed by atoms with Gasteiger partial charge in [0.15, 0.2) is 0 Å². The third-order valence-electron chi connectivity index (χ3n) is 3.56. The van der Waals surface area contributed by atoms with Crippen LogP contribution in [-0.4, -0.2) is 6.03 Å². The summed E-state index contributed by atoms with van der Waals surface area (Å²) in [6.07, 6.45) is 1.95. The molecule has 2 amide bonds. The first-order valence-electron chi connectivity index (χ1n) is 6.64. The van der Waals surface area contributed by atoms with Gasteiger partial charge in [-0.3, -0.25) is 0 Å². The van der Waals surface area contributed by atoms with Crippen LogP contribution in [-0.2, 0) is 6.42 Å². The van der Waals surface area contributed by atoms with Crippen LogP contribution in [0.4, 0.5) is 10.5 Å². The van der Waals surface area contributed by atoms with Crippen molar-refractivity contribution in [3.05, 3.63) is 64.7 Å². The molecule has 0 aliphatic heterocycles. The zero-order valence-corrected chi connectivity index (χ0v) is 11.7. The fourth-order valence-corrected chi connectivity index (χ4v) is 2.77. The number of carbonyl (C=O) groups excluding carboxylic acids is 1. The standard InChI is InChI=1S/C16H15ClN2O/c17-13-7-3-4-8-15(13)19-16(20)18-14-10-9-11-5-1-2-6-12(11)14/h1-8,14H,9-10H2,(H2,18,19,20). The van der Waals surface area contributed by atoms with E-state index in [1.807, 2.05) is 24.3 Å². The van der Waals surface area contributed by atoms with Crippen molar-refractivity contribution in [2.45, 2.75) is 18.9 Å². The van der Waals surface area contributed by atoms with Crippen LogP contribution in [0.3, 0.4) is 0 Å². The van der Waals surface area contributed by atoms with Gasteiger partial charge in [0.25, 0.3) is 0 Å². The predicted molar refractivity (Wildman–Crippen MR) is 81.1 cm³/mol. The average molecular weight is 287 g/mol. The fraction of sp³-hybridized carbons (Fsp3) is 0.188. The summed E-state index contributed by atoms with van der Waals surface area (Å²) in [5, 5.41) is 6.32. The lowest BCUT2D eigenvalue weighted by Gasteiger charge is -2.15. The van der Waals surface area contributed by atoms with Gasteiger partial charge in [-0.05, 0) is 36.1 Å². The van der Waals surface area contributed by atoms with Crippen molar-refractivity contribution in [3.8, 4) is 0 Å². The summed E-state index contributed by atoms with van der Waals surface area (Å²) in [7, 11) is 0. The number of halogens is 1. The first-order chi connectivity index (χ1) is 9.74. The van der Waals surface area contributed by atoms with Crippen LogP contribution >= 0.6 is 11.6 Å². The Bertz CT molecular complexity index is 642. The van der Waals surface area contributed by atoms with E-state index >= 15 is 0 Å². The van der Waals surface area contributed by atoms with Gasteiger partial charge in [-0.25, -0.2) is 4.79 Å². The molecule has 1 aliphatic carbocycles. The molecule has 1 atom stereocenters. The second-order valence-electron chi connectivity index (χ2n) is 4.87. The average Bonchev–Trinajstić information content (AvgIpc) is 2.85. The molecule has 3 nitrogen and oxygen atoms in total. The molecule has 2 aromatic rings. The molecule has 102 valence electrons. The molecule has 0 bridgehead atoms. The van der Waals surface area contributed by atoms with Gasteiger partial charge < -0.3 is 10.6 Å². The van der Waals surface area contributed by atoms with Crippen molar-refractivity contribution in [1.82, 2.24) is 5.32 Å². The number of anilines is 1. The lowest BCUT2D eigenvalue weighted by atomic mass is 10.1. The zero-order valence-electron chi connectivity index (χ0n) is 10.9. The monoisotopic (exact) mass is 286 g/mol. The molecule has 0 saturated heterocycles. The molecule has 0 aromatic heterocycles. The first-order valence-corrected chi connectivity index (χ1v) is 7.01. The number of fused-ring (bicyclic) bond motifs is 1. The van der Waals surface area contributed by atoms with Crippen molar-refractivity contribution >= 4 is 23.3 Å². The Morgan fingerprint density at radius 3 is 2.70 bits per heavy atom. The van der Waals surface area contributed by atoms with Gasteiger partial charge in [-0.2, -0.15) is 0 Å². The summed E-state index contributed by atoms with van der Waals surface area (Å²) in [6.45, 7) is 0. The van der Waals surface area contributed by atoms with Gasteiger partial charge in [0.1, 0.15) is 0 Å². The number of hydrogen-bond acceptors (Lipinski definition) is 1. The zero-order chi connectivity index (χ0) is 13.9. The summed E-state index contributed by atoms with van der Waals surface area (Å²) in [6, 6.07) is 15.3. The molecule has 0 fully saturated rings. The molecule has 4 heteroatoms. The van der Waals surface area contributed by atoms with Crippen LogP contribution in [0.5, 0.6) is 0 Å². The van der Waals surface area contributed by atoms with Crippen molar-refractivity contribution in [2.24, 2.45) is 0 Å². The van der Waals surface area contributed by atoms with Gasteiger partial charge in [0.05, 0.1) is 16.8 Å². The van der Waals surface area contributed by atoms with Crippen molar-refractivity contribution in [2.75, 3.05) is 5.32 Å². The molecule has 0 spiro atoms. The fourth-order valence-electron chi connectivity index (χ4n) is 2.59. The topological polar surface area (TPSA) is 41.1 Å². The Balaban J connectivity index is 1.68. The highest BCUT2D eigenvalue weighted by Gasteiger charge is 2.23. The number of urea groups is 1. The Hall–Kier alpha value is -2.00. The van der Waals surface area contributed by atoms with Crippen LogP contribution in [0.25, 0.3) is 0 Å². The SMILES string of the molecule is O=C(Nc1ccccc1Cl)NC1CCc2ccccc21. The molecule has 2 N–H and O–H groups in total. The molecule has 0 saturated carbocycles. The van der Waals surface area contributed by atoms with Crippen molar-refractivity contribution in [1.29, 1.82) is 0 Å². The Labute approximate surface area is 123 Å². The highest BCUT2D eigenvalue weighted by Crippen LogP contribution is 2.30. The molecule has 1 aliphatic rings. The number of carbonyl (C=O) groups is 1. The maximum Gasteiger partial charge on any atom is 0.319 e. The lowest BCUT2D eigenvalue weighted by molar-refractivity contribution is 0.248.